The van der Waals surface area contributed by atoms with Crippen molar-refractivity contribution in [2.24, 2.45) is 11.5 Å². The average molecular weight is 245 g/mol. The van der Waals surface area contributed by atoms with Gasteiger partial charge in [0.25, 0.3) is 0 Å². The van der Waals surface area contributed by atoms with Crippen LogP contribution in [0.15, 0.2) is 0 Å². The molecule has 90 valence electrons. The average Bonchev–Trinajstić information content (AvgIpc) is 2.13. The zero-order valence-electron chi connectivity index (χ0n) is 7.89. The van der Waals surface area contributed by atoms with Gasteiger partial charge in [0, 0.05) is 0 Å². The van der Waals surface area contributed by atoms with Crippen molar-refractivity contribution in [1.29, 1.82) is 0 Å². The summed E-state index contributed by atoms with van der Waals surface area (Å²) in [5.41, 5.74) is 10.5. The Bertz CT molecular complexity index is 197. The molecule has 0 amide bonds. The highest BCUT2D eigenvalue weighted by atomic mass is 35.7. The van der Waals surface area contributed by atoms with Crippen molar-refractivity contribution in [3.8, 4) is 0 Å². The van der Waals surface area contributed by atoms with E-state index >= 15 is 0 Å². The van der Waals surface area contributed by atoms with Crippen LogP contribution in [0, 0.1) is 10.2 Å². The summed E-state index contributed by atoms with van der Waals surface area (Å²) in [6, 6.07) is -1.03. The molecule has 1 unspecified atom stereocenters. The predicted octanol–water partition coefficient (Wildman–Crippen LogP) is -4.19. The second kappa shape index (κ2) is 6.90. The van der Waals surface area contributed by atoms with Gasteiger partial charge in [0.1, 0.15) is 16.3 Å². The Morgan fingerprint density at radius 1 is 1.33 bits per heavy atom. The van der Waals surface area contributed by atoms with Gasteiger partial charge in [-0.15, -0.1) is 0 Å². The van der Waals surface area contributed by atoms with Gasteiger partial charge < -0.3 is 11.5 Å². The van der Waals surface area contributed by atoms with Gasteiger partial charge in [-0.1, -0.05) is 6.42 Å². The maximum Gasteiger partial charge on any atom is 0.374 e. The minimum atomic E-state index is -4.78. The van der Waals surface area contributed by atoms with Crippen LogP contribution in [0.2, 0.25) is 0 Å². The first-order valence-corrected chi connectivity index (χ1v) is 5.37. The molecule has 0 aromatic rings. The smallest absolute Gasteiger partial charge is 0.330 e. The van der Waals surface area contributed by atoms with Crippen molar-refractivity contribution in [2.45, 2.75) is 25.3 Å². The number of unbranched alkanes of at least 4 members (excludes halogenated alkanes) is 1. The molecule has 0 spiro atoms. The molecule has 0 rings (SSSR count). The third-order valence-electron chi connectivity index (χ3n) is 1.46. The maximum atomic E-state index is 10.9. The van der Waals surface area contributed by atoms with E-state index in [0.29, 0.717) is 19.4 Å². The molecule has 0 saturated heterocycles. The molecule has 8 nitrogen and oxygen atoms in total. The molecule has 9 heteroatoms. The zero-order valence-corrected chi connectivity index (χ0v) is 8.64. The lowest BCUT2D eigenvalue weighted by atomic mass is 10.1. The Hall–Kier alpha value is -0.480. The van der Waals surface area contributed by atoms with E-state index in [4.69, 9.17) is 11.5 Å². The summed E-state index contributed by atoms with van der Waals surface area (Å²) in [5, 5.41) is 0. The molecule has 4 N–H and O–H groups in total. The van der Waals surface area contributed by atoms with Gasteiger partial charge in [0.2, 0.25) is 0 Å². The fourth-order valence-corrected chi connectivity index (χ4v) is 0.897. The Morgan fingerprint density at radius 3 is 2.40 bits per heavy atom. The standard InChI is InChI=1S/C6H13ClN2O6/c8-4-2-1-3-5(9)6(10)14-15-7(11,12)13/h5H,1-4,8-9H2. The topological polar surface area (TPSA) is 157 Å². The highest BCUT2D eigenvalue weighted by Gasteiger charge is 2.27. The number of carbonyl (C=O) groups excluding carboxylic acids is 1. The minimum absolute atomic E-state index is 0.273. The van der Waals surface area contributed by atoms with E-state index in [1.54, 1.807) is 0 Å². The summed E-state index contributed by atoms with van der Waals surface area (Å²) >= 11 is 0. The van der Waals surface area contributed by atoms with E-state index in [1.807, 2.05) is 0 Å². The summed E-state index contributed by atoms with van der Waals surface area (Å²) in [6.45, 7) is 0.464. The van der Waals surface area contributed by atoms with Gasteiger partial charge in [-0.3, -0.25) is 0 Å². The Kier molecular flexibility index (Phi) is 6.68. The molecule has 0 radical (unpaired) electrons. The molecule has 1 atom stereocenters. The van der Waals surface area contributed by atoms with Gasteiger partial charge >= 0.3 is 10.4 Å². The molecule has 0 heterocycles. The van der Waals surface area contributed by atoms with Crippen LogP contribution >= 0.6 is 0 Å². The SMILES string of the molecule is NCCCCC(N)C(=O)OO[Cl+3]([O-])([O-])[O-]. The van der Waals surface area contributed by atoms with Crippen molar-refractivity contribution in [3.05, 3.63) is 0 Å². The molecule has 0 aromatic carbocycles. The van der Waals surface area contributed by atoms with Crippen molar-refractivity contribution in [2.75, 3.05) is 6.54 Å². The van der Waals surface area contributed by atoms with E-state index in [9.17, 15) is 18.8 Å². The van der Waals surface area contributed by atoms with E-state index in [1.165, 1.54) is 0 Å². The Balaban J connectivity index is 3.70. The molecule has 0 saturated carbocycles. The maximum absolute atomic E-state index is 10.9. The first kappa shape index (κ1) is 14.5. The normalized spacial score (nSPS) is 13.7. The van der Waals surface area contributed by atoms with Gasteiger partial charge in [0.15, 0.2) is 0 Å². The first-order valence-electron chi connectivity index (χ1n) is 4.13. The van der Waals surface area contributed by atoms with Crippen LogP contribution in [0.4, 0.5) is 0 Å². The van der Waals surface area contributed by atoms with Crippen LogP contribution in [0.3, 0.4) is 0 Å². The predicted molar refractivity (Wildman–Crippen MR) is 38.1 cm³/mol. The lowest BCUT2D eigenvalue weighted by molar-refractivity contribution is -1.93. The molecular weight excluding hydrogens is 232 g/mol. The molecule has 0 aliphatic rings. The first-order chi connectivity index (χ1) is 6.87. The molecule has 0 bridgehead atoms. The second-order valence-corrected chi connectivity index (χ2v) is 3.62. The number of nitrogens with two attached hydrogens (primary N) is 2. The number of rotatable bonds is 7. The van der Waals surface area contributed by atoms with Crippen LogP contribution in [0.5, 0.6) is 0 Å². The van der Waals surface area contributed by atoms with E-state index in [-0.39, 0.29) is 6.42 Å². The Morgan fingerprint density at radius 2 is 1.93 bits per heavy atom. The zero-order chi connectivity index (χ0) is 11.9. The molecule has 15 heavy (non-hydrogen) atoms. The molecular formula is C6H13ClN2O6. The lowest BCUT2D eigenvalue weighted by Gasteiger charge is -2.10. The van der Waals surface area contributed by atoms with Gasteiger partial charge in [0.05, 0.1) is 0 Å². The molecule has 0 aromatic heterocycles. The van der Waals surface area contributed by atoms with E-state index in [2.05, 4.69) is 9.33 Å². The van der Waals surface area contributed by atoms with E-state index in [0.717, 1.165) is 0 Å². The molecule has 0 fully saturated rings. The van der Waals surface area contributed by atoms with Crippen molar-refractivity contribution in [3.63, 3.8) is 0 Å². The summed E-state index contributed by atoms with van der Waals surface area (Å²) in [4.78, 5) is 14.6. The number of hydrogen-bond donors (Lipinski definition) is 2. The van der Waals surface area contributed by atoms with Gasteiger partial charge in [-0.2, -0.15) is 18.9 Å². The third kappa shape index (κ3) is 8.51. The van der Waals surface area contributed by atoms with Crippen LogP contribution in [0.25, 0.3) is 0 Å². The Labute approximate surface area is 88.4 Å². The van der Waals surface area contributed by atoms with Crippen LogP contribution in [-0.2, 0) is 14.1 Å². The minimum Gasteiger partial charge on any atom is -0.330 e. The number of hydrogen-bond acceptors (Lipinski definition) is 8. The fourth-order valence-electron chi connectivity index (χ4n) is 0.758. The molecule has 0 aliphatic heterocycles. The van der Waals surface area contributed by atoms with E-state index < -0.39 is 22.3 Å². The third-order valence-corrected chi connectivity index (χ3v) is 1.68. The second-order valence-electron chi connectivity index (χ2n) is 2.73. The quantitative estimate of drug-likeness (QED) is 0.259. The summed E-state index contributed by atoms with van der Waals surface area (Å²) in [6.07, 6.45) is 1.55. The van der Waals surface area contributed by atoms with Gasteiger partial charge in [-0.25, -0.2) is 4.79 Å². The van der Waals surface area contributed by atoms with Crippen molar-refractivity contribution >= 4 is 5.97 Å². The summed E-state index contributed by atoms with van der Waals surface area (Å²) in [7, 11) is -4.78. The van der Waals surface area contributed by atoms with Crippen molar-refractivity contribution < 1.29 is 38.3 Å². The van der Waals surface area contributed by atoms with Gasteiger partial charge in [-0.05, 0) is 19.4 Å². The van der Waals surface area contributed by atoms with Crippen LogP contribution in [-0.4, -0.2) is 18.6 Å². The monoisotopic (exact) mass is 244 g/mol. The fraction of sp³-hybridized carbons (Fsp3) is 0.833. The highest BCUT2D eigenvalue weighted by Crippen LogP contribution is 2.01. The van der Waals surface area contributed by atoms with Crippen molar-refractivity contribution in [1.82, 2.24) is 0 Å². The highest BCUT2D eigenvalue weighted by molar-refractivity contribution is 5.74. The molecule has 0 aliphatic carbocycles. The number of halogens is 1. The largest absolute Gasteiger partial charge is 0.374 e. The van der Waals surface area contributed by atoms with Crippen LogP contribution in [0.1, 0.15) is 19.3 Å². The number of carbonyl (C=O) groups is 1. The van der Waals surface area contributed by atoms with Crippen LogP contribution < -0.4 is 25.4 Å². The summed E-state index contributed by atoms with van der Waals surface area (Å²) < 4.78 is 32.9. The lowest BCUT2D eigenvalue weighted by Crippen LogP contribution is -2.61. The summed E-state index contributed by atoms with van der Waals surface area (Å²) in [5.74, 6) is -1.11.